The van der Waals surface area contributed by atoms with Gasteiger partial charge in [-0.3, -0.25) is 9.59 Å². The van der Waals surface area contributed by atoms with Gasteiger partial charge in [0, 0.05) is 82.0 Å². The van der Waals surface area contributed by atoms with E-state index in [4.69, 9.17) is 25.2 Å². The van der Waals surface area contributed by atoms with E-state index in [1.54, 1.807) is 24.4 Å². The second-order valence-electron chi connectivity index (χ2n) is 21.0. The van der Waals surface area contributed by atoms with Crippen LogP contribution < -0.4 is 26.4 Å². The second kappa shape index (κ2) is 34.3. The number of phenolic OH excluding ortho intramolecular Hbond substituents is 1. The highest BCUT2D eigenvalue weighted by molar-refractivity contribution is 5.83. The first-order valence-corrected chi connectivity index (χ1v) is 27.8. The Hall–Kier alpha value is -5.26. The normalized spacial score (nSPS) is 19.7. The molecule has 1 aliphatic carbocycles. The average Bonchev–Trinajstić information content (AvgIpc) is 4.10. The molecule has 416 valence electrons. The number of carboxylic acid groups (broad SMARTS) is 1. The Morgan fingerprint density at radius 2 is 1.64 bits per heavy atom. The highest BCUT2D eigenvalue weighted by atomic mass is 16.6. The van der Waals surface area contributed by atoms with Gasteiger partial charge in [0.2, 0.25) is 12.3 Å². The quantitative estimate of drug-likeness (QED) is 0.0523. The van der Waals surface area contributed by atoms with Crippen LogP contribution in [0.1, 0.15) is 145 Å². The molecule has 1 aromatic carbocycles. The van der Waals surface area contributed by atoms with Crippen molar-refractivity contribution < 1.29 is 34.5 Å². The highest BCUT2D eigenvalue weighted by Crippen LogP contribution is 2.44. The molecule has 2 aromatic heterocycles. The summed E-state index contributed by atoms with van der Waals surface area (Å²) in [7, 11) is 0. The Balaban J connectivity index is 0.000000304. The van der Waals surface area contributed by atoms with E-state index >= 15 is 0 Å². The van der Waals surface area contributed by atoms with Gasteiger partial charge in [-0.1, -0.05) is 79.6 Å². The van der Waals surface area contributed by atoms with Crippen LogP contribution >= 0.6 is 0 Å². The van der Waals surface area contributed by atoms with Crippen molar-refractivity contribution in [2.24, 2.45) is 34.2 Å². The number of hydrogen-bond donors (Lipinski definition) is 7. The van der Waals surface area contributed by atoms with Gasteiger partial charge in [0.1, 0.15) is 23.8 Å². The lowest BCUT2D eigenvalue weighted by atomic mass is 9.65. The molecule has 3 aromatic rings. The number of oxime groups is 1. The fraction of sp³-hybridized carbons (Fsp3) is 0.684. The maximum atomic E-state index is 10.7. The molecule has 6 heterocycles. The Morgan fingerprint density at radius 1 is 0.946 bits per heavy atom. The number of para-hydroxylation sites is 1. The number of aromatic hydroxyl groups is 1. The second-order valence-corrected chi connectivity index (χ2v) is 21.0. The molecule has 3 saturated heterocycles. The van der Waals surface area contributed by atoms with Gasteiger partial charge in [-0.25, -0.2) is 4.98 Å². The minimum atomic E-state index is -0.250. The predicted octanol–water partition coefficient (Wildman–Crippen LogP) is 9.39. The third kappa shape index (κ3) is 21.5. The van der Waals surface area contributed by atoms with Gasteiger partial charge in [0.25, 0.3) is 6.47 Å². The molecule has 4 unspecified atom stereocenters. The van der Waals surface area contributed by atoms with E-state index in [1.165, 1.54) is 50.6 Å². The summed E-state index contributed by atoms with van der Waals surface area (Å²) in [5.41, 5.74) is 9.24. The zero-order valence-electron chi connectivity index (χ0n) is 46.8. The van der Waals surface area contributed by atoms with Gasteiger partial charge in [0.05, 0.1) is 17.5 Å². The number of amides is 1. The van der Waals surface area contributed by atoms with Crippen molar-refractivity contribution >= 4 is 30.2 Å². The lowest BCUT2D eigenvalue weighted by molar-refractivity contribution is -0.122. The number of carbonyl (C=O) groups excluding carboxylic acids is 1. The number of anilines is 2. The number of pyridine rings is 1. The van der Waals surface area contributed by atoms with Crippen LogP contribution in [0.2, 0.25) is 0 Å². The third-order valence-corrected chi connectivity index (χ3v) is 14.4. The zero-order valence-corrected chi connectivity index (χ0v) is 46.8. The van der Waals surface area contributed by atoms with Crippen LogP contribution in [0.4, 0.5) is 11.5 Å². The number of aryl methyl sites for hydroxylation is 1. The number of likely N-dealkylation sites (tertiary alicyclic amines) is 2. The number of ether oxygens (including phenoxy) is 1. The zero-order chi connectivity index (χ0) is 54.5. The van der Waals surface area contributed by atoms with Gasteiger partial charge < -0.3 is 56.4 Å². The first-order chi connectivity index (χ1) is 35.7. The Bertz CT molecular complexity index is 2030. The molecular formula is C57H96N10O7. The number of nitrogens with one attached hydrogen (secondary N) is 3. The molecule has 1 amide bonds. The standard InChI is InChI=1S/C27H50N4O3.C15H19N5O.C10H13NO.2C2H6.CH2O2/c1-20(2)26(23(27(3,4)5)7-6-12-28-19-32)24-17-25(29-34-24)31-15-8-21(9-16-31)18-30-13-10-22(33)11-14-30;16-15-13(18-9-10-4-3-7-17-10)8-12(19-20-15)11-5-1-2-6-14(11)21;1-8-5-6-11-10(7-8)12-9-3-2-4-9;2*1-2;2-1-3/h19-24,26,33H,6-18H2,1-5H3,(H,28,32);1-2,5-6,8,10,17,21H,3-4,7,9H2,(H2,16,20)(H,18,19);5-7,9H,2-4H2,1H3;2*1-2H3;1H,(H,2,3). The van der Waals surface area contributed by atoms with E-state index in [0.29, 0.717) is 47.0 Å². The topological polar surface area (TPSA) is 233 Å². The van der Waals surface area contributed by atoms with Crippen LogP contribution in [0.15, 0.2) is 53.8 Å². The van der Waals surface area contributed by atoms with E-state index < -0.39 is 0 Å². The fourth-order valence-electron chi connectivity index (χ4n) is 10.2. The van der Waals surface area contributed by atoms with Crippen molar-refractivity contribution in [3.05, 3.63) is 54.2 Å². The largest absolute Gasteiger partial charge is 0.507 e. The Labute approximate surface area is 444 Å². The smallest absolute Gasteiger partial charge is 0.290 e. The van der Waals surface area contributed by atoms with E-state index in [-0.39, 0.29) is 29.8 Å². The number of nitrogens with zero attached hydrogens (tertiary/aromatic N) is 6. The summed E-state index contributed by atoms with van der Waals surface area (Å²) in [5, 5.41) is 48.7. The molecule has 4 fully saturated rings. The molecule has 8 N–H and O–H groups in total. The first kappa shape index (κ1) is 63.0. The van der Waals surface area contributed by atoms with Crippen molar-refractivity contribution in [1.82, 2.24) is 35.6 Å². The number of nitrogens with two attached hydrogens (primary N) is 1. The number of rotatable bonds is 16. The van der Waals surface area contributed by atoms with Crippen molar-refractivity contribution in [1.29, 1.82) is 0 Å². The Morgan fingerprint density at radius 3 is 2.22 bits per heavy atom. The number of nitrogen functional groups attached to an aromatic ring is 1. The molecule has 1 saturated carbocycles. The van der Waals surface area contributed by atoms with Crippen LogP contribution in [-0.4, -0.2) is 136 Å². The summed E-state index contributed by atoms with van der Waals surface area (Å²) in [5.74, 6) is 4.67. The number of aliphatic hydroxyl groups excluding tert-OH is 1. The lowest BCUT2D eigenvalue weighted by Gasteiger charge is -2.41. The maximum Gasteiger partial charge on any atom is 0.290 e. The fourth-order valence-corrected chi connectivity index (χ4v) is 10.2. The summed E-state index contributed by atoms with van der Waals surface area (Å²) in [6, 6.07) is 13.3. The number of benzene rings is 1. The summed E-state index contributed by atoms with van der Waals surface area (Å²) >= 11 is 0. The molecular weight excluding hydrogens is 937 g/mol. The summed E-state index contributed by atoms with van der Waals surface area (Å²) in [6.07, 6.45) is 16.4. The average molecular weight is 1030 g/mol. The van der Waals surface area contributed by atoms with E-state index in [2.05, 4.69) is 87.6 Å². The van der Waals surface area contributed by atoms with Crippen LogP contribution in [0.25, 0.3) is 11.3 Å². The molecule has 0 spiro atoms. The van der Waals surface area contributed by atoms with Crippen molar-refractivity contribution in [3.8, 4) is 22.9 Å². The number of phenols is 1. The van der Waals surface area contributed by atoms with Gasteiger partial charge in [-0.05, 0) is 137 Å². The number of hydrogen-bond acceptors (Lipinski definition) is 15. The SMILES string of the molecule is CC.CC.CC(C)C(C1CC(N2CCC(CN3CCC(O)CC3)CC2)=NO1)C(CCCNC=O)C(C)(C)C.Cc1ccnc(OC2CCC2)c1.Nc1nnc(-c2ccccc2O)cc1NCC1CCCN1.O=CO. The molecule has 4 atom stereocenters. The Kier molecular flexibility index (Phi) is 29.2. The van der Waals surface area contributed by atoms with Crippen molar-refractivity contribution in [2.45, 2.75) is 171 Å². The van der Waals surface area contributed by atoms with Crippen LogP contribution in [0.5, 0.6) is 11.6 Å². The molecule has 74 heavy (non-hydrogen) atoms. The lowest BCUT2D eigenvalue weighted by Crippen LogP contribution is -2.44. The highest BCUT2D eigenvalue weighted by Gasteiger charge is 2.43. The molecule has 0 bridgehead atoms. The first-order valence-electron chi connectivity index (χ1n) is 27.8. The van der Waals surface area contributed by atoms with Crippen molar-refractivity contribution in [3.63, 3.8) is 0 Å². The van der Waals surface area contributed by atoms with E-state index in [1.807, 2.05) is 52.0 Å². The summed E-state index contributed by atoms with van der Waals surface area (Å²) < 4.78 is 5.62. The maximum absolute atomic E-state index is 10.7. The summed E-state index contributed by atoms with van der Waals surface area (Å²) in [6.45, 7) is 29.5. The molecule has 8 rings (SSSR count). The number of carbonyl (C=O) groups is 2. The molecule has 4 aliphatic heterocycles. The predicted molar refractivity (Wildman–Crippen MR) is 299 cm³/mol. The molecule has 17 nitrogen and oxygen atoms in total. The number of aromatic nitrogens is 3. The van der Waals surface area contributed by atoms with E-state index in [9.17, 15) is 15.0 Å². The molecule has 5 aliphatic rings. The summed E-state index contributed by atoms with van der Waals surface area (Å²) in [4.78, 5) is 34.3. The number of aliphatic hydroxyl groups is 1. The third-order valence-electron chi connectivity index (χ3n) is 14.4. The van der Waals surface area contributed by atoms with Gasteiger partial charge >= 0.3 is 0 Å². The minimum absolute atomic E-state index is 0.0908. The van der Waals surface area contributed by atoms with Crippen LogP contribution in [0.3, 0.4) is 0 Å². The minimum Gasteiger partial charge on any atom is -0.507 e. The monoisotopic (exact) mass is 1030 g/mol. The molecule has 0 radical (unpaired) electrons. The van der Waals surface area contributed by atoms with Crippen LogP contribution in [0, 0.1) is 36.0 Å². The van der Waals surface area contributed by atoms with Crippen molar-refractivity contribution in [2.75, 3.05) is 63.4 Å². The van der Waals surface area contributed by atoms with Gasteiger partial charge in [0.15, 0.2) is 5.82 Å². The van der Waals surface area contributed by atoms with Gasteiger partial charge in [-0.15, -0.1) is 10.2 Å². The molecule has 17 heteroatoms. The van der Waals surface area contributed by atoms with E-state index in [0.717, 1.165) is 114 Å². The van der Waals surface area contributed by atoms with Crippen LogP contribution in [-0.2, 0) is 14.4 Å². The van der Waals surface area contributed by atoms with Gasteiger partial charge in [-0.2, -0.15) is 0 Å². The number of piperidine rings is 2. The number of amidine groups is 1.